The first-order valence-corrected chi connectivity index (χ1v) is 10.9. The van der Waals surface area contributed by atoms with Gasteiger partial charge in [-0.3, -0.25) is 18.7 Å². The van der Waals surface area contributed by atoms with Crippen LogP contribution in [0.1, 0.15) is 31.2 Å². The van der Waals surface area contributed by atoms with Crippen molar-refractivity contribution in [3.05, 3.63) is 42.2 Å². The largest absolute Gasteiger partial charge is 0.354 e. The molecular formula is C19H24N4O5S. The van der Waals surface area contributed by atoms with E-state index in [0.29, 0.717) is 13.0 Å². The van der Waals surface area contributed by atoms with Gasteiger partial charge in [-0.1, -0.05) is 17.7 Å². The van der Waals surface area contributed by atoms with Crippen LogP contribution in [0.25, 0.3) is 0 Å². The Labute approximate surface area is 169 Å². The average Bonchev–Trinajstić information content (AvgIpc) is 2.88. The zero-order valence-corrected chi connectivity index (χ0v) is 16.9. The Bertz CT molecular complexity index is 926. The Morgan fingerprint density at radius 1 is 1.17 bits per heavy atom. The molecule has 1 aromatic carbocycles. The molecule has 2 heterocycles. The summed E-state index contributed by atoms with van der Waals surface area (Å²) >= 11 is 0. The lowest BCUT2D eigenvalue weighted by Gasteiger charge is -2.31. The predicted octanol–water partition coefficient (Wildman–Crippen LogP) is 0.130. The monoisotopic (exact) mass is 420 g/mol. The number of nitrogens with one attached hydrogen (secondary N) is 3. The molecular weight excluding hydrogens is 396 g/mol. The van der Waals surface area contributed by atoms with Crippen LogP contribution in [0.5, 0.6) is 0 Å². The number of sulfonamides is 1. The Morgan fingerprint density at radius 2 is 1.90 bits per heavy atom. The van der Waals surface area contributed by atoms with E-state index in [1.807, 2.05) is 6.92 Å². The van der Waals surface area contributed by atoms with Crippen molar-refractivity contribution in [1.82, 2.24) is 20.3 Å². The maximum absolute atomic E-state index is 13.0. The molecule has 0 radical (unpaired) electrons. The van der Waals surface area contributed by atoms with Gasteiger partial charge in [0.2, 0.25) is 17.7 Å². The number of hydrogen-bond donors (Lipinski definition) is 3. The summed E-state index contributed by atoms with van der Waals surface area (Å²) in [6.07, 6.45) is 4.17. The topological polar surface area (TPSA) is 125 Å². The number of amides is 3. The lowest BCUT2D eigenvalue weighted by Crippen LogP contribution is -2.52. The van der Waals surface area contributed by atoms with E-state index in [1.54, 1.807) is 12.1 Å². The first kappa shape index (κ1) is 20.8. The summed E-state index contributed by atoms with van der Waals surface area (Å²) in [4.78, 5) is 36.9. The lowest BCUT2D eigenvalue weighted by atomic mass is 10.1. The Kier molecular flexibility index (Phi) is 6.21. The fraction of sp³-hybridized carbons (Fsp3) is 0.421. The van der Waals surface area contributed by atoms with E-state index in [2.05, 4.69) is 16.0 Å². The summed E-state index contributed by atoms with van der Waals surface area (Å²) < 4.78 is 26.9. The lowest BCUT2D eigenvalue weighted by molar-refractivity contribution is -0.131. The van der Waals surface area contributed by atoms with E-state index in [9.17, 15) is 22.8 Å². The van der Waals surface area contributed by atoms with Crippen LogP contribution in [0.3, 0.4) is 0 Å². The number of carbonyl (C=O) groups excluding carboxylic acids is 3. The minimum absolute atomic E-state index is 0.0241. The first-order chi connectivity index (χ1) is 13.8. The molecule has 2 aliphatic rings. The molecule has 3 amide bonds. The van der Waals surface area contributed by atoms with Gasteiger partial charge in [0.25, 0.3) is 10.0 Å². The summed E-state index contributed by atoms with van der Waals surface area (Å²) in [7, 11) is -4.03. The fourth-order valence-corrected chi connectivity index (χ4v) is 4.73. The number of hydrogen-bond acceptors (Lipinski definition) is 5. The molecule has 1 fully saturated rings. The summed E-state index contributed by atoms with van der Waals surface area (Å²) in [6, 6.07) is 4.30. The SMILES string of the molecule is Cc1ccc(S(=O)(=O)N2C=CNC(=O)[C@H]2CC(=O)N[C@@H]2CCCCNC2=O)cc1. The molecule has 1 saturated heterocycles. The summed E-state index contributed by atoms with van der Waals surface area (Å²) in [5.41, 5.74) is 0.897. The molecule has 3 rings (SSSR count). The third-order valence-electron chi connectivity index (χ3n) is 4.90. The highest BCUT2D eigenvalue weighted by Crippen LogP contribution is 2.23. The highest BCUT2D eigenvalue weighted by atomic mass is 32.2. The highest BCUT2D eigenvalue weighted by molar-refractivity contribution is 7.89. The molecule has 0 spiro atoms. The molecule has 2 aliphatic heterocycles. The molecule has 29 heavy (non-hydrogen) atoms. The minimum Gasteiger partial charge on any atom is -0.354 e. The second kappa shape index (κ2) is 8.64. The smallest absolute Gasteiger partial charge is 0.264 e. The van der Waals surface area contributed by atoms with Gasteiger partial charge in [-0.15, -0.1) is 0 Å². The predicted molar refractivity (Wildman–Crippen MR) is 105 cm³/mol. The second-order valence-corrected chi connectivity index (χ2v) is 8.94. The molecule has 156 valence electrons. The van der Waals surface area contributed by atoms with Crippen molar-refractivity contribution in [2.45, 2.75) is 49.6 Å². The number of rotatable bonds is 5. The standard InChI is InChI=1S/C19H24N4O5S/c1-13-5-7-14(8-6-13)29(27,28)23-11-10-21-19(26)16(23)12-17(24)22-15-4-2-3-9-20-18(15)25/h5-8,10-11,15-16H,2-4,9,12H2,1H3,(H,20,25)(H,21,26)(H,22,24)/t15-,16-/m1/s1. The Balaban J connectivity index is 1.77. The van der Waals surface area contributed by atoms with Crippen LogP contribution in [-0.4, -0.2) is 49.1 Å². The van der Waals surface area contributed by atoms with Crippen molar-refractivity contribution in [3.63, 3.8) is 0 Å². The first-order valence-electron chi connectivity index (χ1n) is 9.43. The zero-order valence-electron chi connectivity index (χ0n) is 16.1. The molecule has 2 atom stereocenters. The van der Waals surface area contributed by atoms with E-state index in [-0.39, 0.29) is 10.8 Å². The van der Waals surface area contributed by atoms with E-state index < -0.39 is 40.3 Å². The molecule has 0 bridgehead atoms. The molecule has 9 nitrogen and oxygen atoms in total. The van der Waals surface area contributed by atoms with Gasteiger partial charge in [0.05, 0.1) is 11.3 Å². The van der Waals surface area contributed by atoms with Gasteiger partial charge in [0.15, 0.2) is 0 Å². The van der Waals surface area contributed by atoms with E-state index in [1.165, 1.54) is 24.5 Å². The van der Waals surface area contributed by atoms with Crippen LogP contribution in [0.2, 0.25) is 0 Å². The average molecular weight is 420 g/mol. The van der Waals surface area contributed by atoms with Crippen LogP contribution >= 0.6 is 0 Å². The van der Waals surface area contributed by atoms with Crippen molar-refractivity contribution in [1.29, 1.82) is 0 Å². The van der Waals surface area contributed by atoms with Crippen molar-refractivity contribution >= 4 is 27.7 Å². The molecule has 10 heteroatoms. The van der Waals surface area contributed by atoms with Crippen LogP contribution in [0.4, 0.5) is 0 Å². The van der Waals surface area contributed by atoms with Crippen LogP contribution in [-0.2, 0) is 24.4 Å². The zero-order chi connectivity index (χ0) is 21.0. The maximum atomic E-state index is 13.0. The third-order valence-corrected chi connectivity index (χ3v) is 6.70. The van der Waals surface area contributed by atoms with Gasteiger partial charge < -0.3 is 16.0 Å². The van der Waals surface area contributed by atoms with E-state index in [0.717, 1.165) is 22.7 Å². The number of carbonyl (C=O) groups is 3. The number of aryl methyl sites for hydroxylation is 1. The normalized spacial score (nSPS) is 22.4. The van der Waals surface area contributed by atoms with E-state index in [4.69, 9.17) is 0 Å². The van der Waals surface area contributed by atoms with Crippen molar-refractivity contribution < 1.29 is 22.8 Å². The summed E-state index contributed by atoms with van der Waals surface area (Å²) in [6.45, 7) is 2.39. The molecule has 3 N–H and O–H groups in total. The van der Waals surface area contributed by atoms with Gasteiger partial charge in [0.1, 0.15) is 12.1 Å². The van der Waals surface area contributed by atoms with Crippen molar-refractivity contribution in [2.24, 2.45) is 0 Å². The number of nitrogens with zero attached hydrogens (tertiary/aromatic N) is 1. The molecule has 0 aromatic heterocycles. The summed E-state index contributed by atoms with van der Waals surface area (Å²) in [5.74, 6) is -1.44. The number of benzene rings is 1. The fourth-order valence-electron chi connectivity index (χ4n) is 3.28. The van der Waals surface area contributed by atoms with Gasteiger partial charge in [-0.05, 0) is 38.3 Å². The third kappa shape index (κ3) is 4.76. The molecule has 1 aromatic rings. The second-order valence-electron chi connectivity index (χ2n) is 7.10. The van der Waals surface area contributed by atoms with Crippen LogP contribution < -0.4 is 16.0 Å². The molecule has 0 unspecified atom stereocenters. The maximum Gasteiger partial charge on any atom is 0.264 e. The van der Waals surface area contributed by atoms with Gasteiger partial charge in [-0.25, -0.2) is 8.42 Å². The van der Waals surface area contributed by atoms with E-state index >= 15 is 0 Å². The van der Waals surface area contributed by atoms with Gasteiger partial charge >= 0.3 is 0 Å². The van der Waals surface area contributed by atoms with Crippen molar-refractivity contribution in [2.75, 3.05) is 6.54 Å². The minimum atomic E-state index is -4.03. The quantitative estimate of drug-likeness (QED) is 0.625. The Morgan fingerprint density at radius 3 is 2.62 bits per heavy atom. The van der Waals surface area contributed by atoms with Gasteiger partial charge in [-0.2, -0.15) is 0 Å². The Hall–Kier alpha value is -2.88. The highest BCUT2D eigenvalue weighted by Gasteiger charge is 2.37. The van der Waals surface area contributed by atoms with Crippen LogP contribution in [0, 0.1) is 6.92 Å². The molecule has 0 aliphatic carbocycles. The van der Waals surface area contributed by atoms with Crippen LogP contribution in [0.15, 0.2) is 41.6 Å². The van der Waals surface area contributed by atoms with Crippen molar-refractivity contribution in [3.8, 4) is 0 Å². The molecule has 0 saturated carbocycles. The summed E-state index contributed by atoms with van der Waals surface area (Å²) in [5, 5.41) is 7.78. The van der Waals surface area contributed by atoms with Gasteiger partial charge in [0, 0.05) is 18.9 Å².